The van der Waals surface area contributed by atoms with E-state index in [1.807, 2.05) is 0 Å². The first-order valence-electron chi connectivity index (χ1n) is 5.31. The summed E-state index contributed by atoms with van der Waals surface area (Å²) in [6, 6.07) is 2.13. The van der Waals surface area contributed by atoms with E-state index >= 15 is 0 Å². The van der Waals surface area contributed by atoms with E-state index in [4.69, 9.17) is 5.73 Å². The molecule has 0 saturated carbocycles. The molecule has 3 rings (SSSR count). The molecule has 5 heteroatoms. The predicted molar refractivity (Wildman–Crippen MR) is 63.3 cm³/mol. The molecule has 0 saturated heterocycles. The SMILES string of the molecule is CN1C(=O)C[C@]2(CCc3ccsc32)N=C1N. The first-order valence-corrected chi connectivity index (χ1v) is 6.19. The molecule has 2 heterocycles. The molecule has 1 amide bonds. The van der Waals surface area contributed by atoms with Crippen LogP contribution in [-0.4, -0.2) is 23.8 Å². The zero-order valence-corrected chi connectivity index (χ0v) is 9.88. The number of hydrogen-bond acceptors (Lipinski definition) is 4. The molecule has 16 heavy (non-hydrogen) atoms. The molecule has 1 aromatic heterocycles. The molecule has 0 aromatic carbocycles. The number of amides is 1. The van der Waals surface area contributed by atoms with Gasteiger partial charge in [-0.2, -0.15) is 0 Å². The zero-order chi connectivity index (χ0) is 11.3. The largest absolute Gasteiger partial charge is 0.369 e. The number of aryl methyl sites for hydroxylation is 1. The quantitative estimate of drug-likeness (QED) is 0.731. The second-order valence-corrected chi connectivity index (χ2v) is 5.32. The maximum Gasteiger partial charge on any atom is 0.231 e. The second-order valence-electron chi connectivity index (χ2n) is 4.41. The van der Waals surface area contributed by atoms with E-state index in [-0.39, 0.29) is 11.4 Å². The number of aliphatic imine (C=N–C) groups is 1. The summed E-state index contributed by atoms with van der Waals surface area (Å²) < 4.78 is 0. The van der Waals surface area contributed by atoms with Crippen LogP contribution >= 0.6 is 11.3 Å². The monoisotopic (exact) mass is 235 g/mol. The lowest BCUT2D eigenvalue weighted by molar-refractivity contribution is -0.128. The van der Waals surface area contributed by atoms with Crippen molar-refractivity contribution in [1.29, 1.82) is 0 Å². The number of hydrogen-bond donors (Lipinski definition) is 1. The van der Waals surface area contributed by atoms with Crippen molar-refractivity contribution >= 4 is 23.2 Å². The lowest BCUT2D eigenvalue weighted by atomic mass is 9.93. The highest BCUT2D eigenvalue weighted by atomic mass is 32.1. The summed E-state index contributed by atoms with van der Waals surface area (Å²) in [7, 11) is 1.68. The summed E-state index contributed by atoms with van der Waals surface area (Å²) in [5.41, 5.74) is 6.79. The highest BCUT2D eigenvalue weighted by Crippen LogP contribution is 2.47. The molecule has 2 N–H and O–H groups in total. The lowest BCUT2D eigenvalue weighted by Gasteiger charge is -2.33. The first kappa shape index (κ1) is 9.84. The smallest absolute Gasteiger partial charge is 0.231 e. The van der Waals surface area contributed by atoms with Gasteiger partial charge in [-0.3, -0.25) is 9.69 Å². The van der Waals surface area contributed by atoms with Crippen molar-refractivity contribution < 1.29 is 4.79 Å². The summed E-state index contributed by atoms with van der Waals surface area (Å²) in [4.78, 5) is 19.1. The number of nitrogens with zero attached hydrogens (tertiary/aromatic N) is 2. The van der Waals surface area contributed by atoms with Crippen LogP contribution in [0.3, 0.4) is 0 Å². The average Bonchev–Trinajstić information content (AvgIpc) is 2.80. The van der Waals surface area contributed by atoms with Crippen LogP contribution in [0.1, 0.15) is 23.3 Å². The summed E-state index contributed by atoms with van der Waals surface area (Å²) in [6.07, 6.45) is 2.37. The molecule has 1 aliphatic carbocycles. The van der Waals surface area contributed by atoms with Crippen molar-refractivity contribution in [2.24, 2.45) is 10.7 Å². The highest BCUT2D eigenvalue weighted by molar-refractivity contribution is 7.10. The van der Waals surface area contributed by atoms with Gasteiger partial charge in [-0.1, -0.05) is 0 Å². The third kappa shape index (κ3) is 1.15. The van der Waals surface area contributed by atoms with Crippen LogP contribution in [0, 0.1) is 0 Å². The number of carbonyl (C=O) groups excluding carboxylic acids is 1. The Hall–Kier alpha value is -1.36. The molecule has 0 bridgehead atoms. The van der Waals surface area contributed by atoms with Gasteiger partial charge in [-0.15, -0.1) is 11.3 Å². The lowest BCUT2D eigenvalue weighted by Crippen LogP contribution is -2.47. The normalized spacial score (nSPS) is 28.4. The van der Waals surface area contributed by atoms with Gasteiger partial charge in [-0.25, -0.2) is 4.99 Å². The molecule has 1 aliphatic heterocycles. The van der Waals surface area contributed by atoms with Gasteiger partial charge in [-0.05, 0) is 29.9 Å². The Morgan fingerprint density at radius 3 is 3.19 bits per heavy atom. The summed E-state index contributed by atoms with van der Waals surface area (Å²) in [5.74, 6) is 0.409. The molecule has 0 radical (unpaired) electrons. The molecule has 0 fully saturated rings. The van der Waals surface area contributed by atoms with Crippen molar-refractivity contribution in [3.8, 4) is 0 Å². The van der Waals surface area contributed by atoms with Crippen LogP contribution in [0.2, 0.25) is 0 Å². The van der Waals surface area contributed by atoms with Crippen molar-refractivity contribution in [3.63, 3.8) is 0 Å². The Morgan fingerprint density at radius 1 is 1.62 bits per heavy atom. The molecular formula is C11H13N3OS. The van der Waals surface area contributed by atoms with E-state index in [2.05, 4.69) is 16.4 Å². The minimum Gasteiger partial charge on any atom is -0.369 e. The van der Waals surface area contributed by atoms with Gasteiger partial charge in [0.25, 0.3) is 0 Å². The molecular weight excluding hydrogens is 222 g/mol. The van der Waals surface area contributed by atoms with E-state index in [9.17, 15) is 4.79 Å². The Bertz CT molecular complexity index is 493. The van der Waals surface area contributed by atoms with E-state index < -0.39 is 0 Å². The fourth-order valence-corrected chi connectivity index (χ4v) is 3.63. The number of carbonyl (C=O) groups is 1. The zero-order valence-electron chi connectivity index (χ0n) is 9.06. The van der Waals surface area contributed by atoms with Gasteiger partial charge in [0.2, 0.25) is 5.91 Å². The van der Waals surface area contributed by atoms with E-state index in [1.54, 1.807) is 18.4 Å². The third-order valence-electron chi connectivity index (χ3n) is 3.47. The fraction of sp³-hybridized carbons (Fsp3) is 0.455. The van der Waals surface area contributed by atoms with Crippen LogP contribution in [0.4, 0.5) is 0 Å². The second kappa shape index (κ2) is 3.07. The van der Waals surface area contributed by atoms with Gasteiger partial charge < -0.3 is 5.73 Å². The Morgan fingerprint density at radius 2 is 2.44 bits per heavy atom. The topological polar surface area (TPSA) is 58.7 Å². The van der Waals surface area contributed by atoms with E-state index in [0.717, 1.165) is 12.8 Å². The van der Waals surface area contributed by atoms with Crippen LogP contribution < -0.4 is 5.73 Å². The number of guanidine groups is 1. The minimum atomic E-state index is -0.350. The summed E-state index contributed by atoms with van der Waals surface area (Å²) in [5, 5.41) is 2.07. The van der Waals surface area contributed by atoms with Crippen molar-refractivity contribution in [3.05, 3.63) is 21.9 Å². The average molecular weight is 235 g/mol. The van der Waals surface area contributed by atoms with Crippen molar-refractivity contribution in [2.45, 2.75) is 24.8 Å². The Balaban J connectivity index is 2.12. The van der Waals surface area contributed by atoms with Gasteiger partial charge in [0.05, 0.1) is 6.42 Å². The Kier molecular flexibility index (Phi) is 1.89. The third-order valence-corrected chi connectivity index (χ3v) is 4.62. The number of thiophene rings is 1. The molecule has 1 atom stereocenters. The summed E-state index contributed by atoms with van der Waals surface area (Å²) >= 11 is 1.69. The number of fused-ring (bicyclic) bond motifs is 2. The molecule has 4 nitrogen and oxygen atoms in total. The maximum absolute atomic E-state index is 11.9. The molecule has 84 valence electrons. The van der Waals surface area contributed by atoms with Gasteiger partial charge >= 0.3 is 0 Å². The molecule has 1 spiro atoms. The van der Waals surface area contributed by atoms with Gasteiger partial charge in [0, 0.05) is 11.9 Å². The number of nitrogens with two attached hydrogens (primary N) is 1. The molecule has 0 unspecified atom stereocenters. The Labute approximate surface area is 97.8 Å². The van der Waals surface area contributed by atoms with Crippen LogP contribution in [0.15, 0.2) is 16.4 Å². The minimum absolute atomic E-state index is 0.0637. The fourth-order valence-electron chi connectivity index (χ4n) is 2.50. The number of rotatable bonds is 0. The maximum atomic E-state index is 11.9. The van der Waals surface area contributed by atoms with Gasteiger partial charge in [0.1, 0.15) is 5.54 Å². The van der Waals surface area contributed by atoms with Gasteiger partial charge in [0.15, 0.2) is 5.96 Å². The highest BCUT2D eigenvalue weighted by Gasteiger charge is 2.45. The first-order chi connectivity index (χ1) is 7.62. The van der Waals surface area contributed by atoms with Crippen LogP contribution in [-0.2, 0) is 16.8 Å². The molecule has 2 aliphatic rings. The summed E-state index contributed by atoms with van der Waals surface area (Å²) in [6.45, 7) is 0. The van der Waals surface area contributed by atoms with Crippen LogP contribution in [0.5, 0.6) is 0 Å². The van der Waals surface area contributed by atoms with Crippen molar-refractivity contribution in [2.75, 3.05) is 7.05 Å². The van der Waals surface area contributed by atoms with Crippen molar-refractivity contribution in [1.82, 2.24) is 4.90 Å². The predicted octanol–water partition coefficient (Wildman–Crippen LogP) is 1.07. The standard InChI is InChI=1S/C11H13N3OS/c1-14-8(15)6-11(13-10(14)12)4-2-7-3-5-16-9(7)11/h3,5H,2,4,6H2,1H3,(H2,12,13)/t11-/m0/s1. The van der Waals surface area contributed by atoms with Crippen LogP contribution in [0.25, 0.3) is 0 Å². The van der Waals surface area contributed by atoms with E-state index in [0.29, 0.717) is 12.4 Å². The molecule has 1 aromatic rings. The van der Waals surface area contributed by atoms with E-state index in [1.165, 1.54) is 15.3 Å².